The Morgan fingerprint density at radius 2 is 2.33 bits per heavy atom. The fourth-order valence-corrected chi connectivity index (χ4v) is 2.42. The molecule has 0 spiro atoms. The van der Waals surface area contributed by atoms with Crippen LogP contribution in [0.25, 0.3) is 0 Å². The maximum atomic E-state index is 5.04. The molecule has 1 aromatic heterocycles. The highest BCUT2D eigenvalue weighted by atomic mass is 16.5. The summed E-state index contributed by atoms with van der Waals surface area (Å²) in [5.74, 6) is 0.672. The number of ether oxygens (including phenoxy) is 1. The number of hydrogen-bond donors (Lipinski definition) is 1. The maximum Gasteiger partial charge on any atom is 0.212 e. The monoisotopic (exact) mass is 249 g/mol. The van der Waals surface area contributed by atoms with E-state index >= 15 is 0 Å². The molecular weight excluding hydrogens is 226 g/mol. The van der Waals surface area contributed by atoms with Gasteiger partial charge in [-0.3, -0.25) is 0 Å². The van der Waals surface area contributed by atoms with Gasteiger partial charge in [0.25, 0.3) is 0 Å². The smallest absolute Gasteiger partial charge is 0.212 e. The molecule has 0 bridgehead atoms. The van der Waals surface area contributed by atoms with Crippen LogP contribution in [0.2, 0.25) is 0 Å². The molecule has 0 aliphatic carbocycles. The fourth-order valence-electron chi connectivity index (χ4n) is 2.42. The number of aromatic nitrogens is 1. The highest BCUT2D eigenvalue weighted by Gasteiger charge is 2.17. The molecule has 1 aliphatic rings. The van der Waals surface area contributed by atoms with Crippen LogP contribution in [-0.2, 0) is 6.54 Å². The molecule has 1 fully saturated rings. The predicted octanol–water partition coefficient (Wildman–Crippen LogP) is 1.66. The zero-order valence-corrected chi connectivity index (χ0v) is 11.4. The molecule has 1 aromatic rings. The standard InChI is InChI=1S/C14H23N3O/c1-17-8-4-3-5-13(17)11-15-9-12-6-7-14(18-2)16-10-12/h6-7,10,13,15H,3-5,8-9,11H2,1-2H3. The van der Waals surface area contributed by atoms with E-state index in [0.717, 1.165) is 13.1 Å². The Balaban J connectivity index is 1.73. The average Bonchev–Trinajstić information content (AvgIpc) is 2.42. The van der Waals surface area contributed by atoms with Gasteiger partial charge in [0.2, 0.25) is 5.88 Å². The van der Waals surface area contributed by atoms with E-state index in [1.165, 1.54) is 31.4 Å². The number of rotatable bonds is 5. The molecule has 2 rings (SSSR count). The van der Waals surface area contributed by atoms with Gasteiger partial charge in [-0.15, -0.1) is 0 Å². The summed E-state index contributed by atoms with van der Waals surface area (Å²) in [5.41, 5.74) is 1.20. The van der Waals surface area contributed by atoms with Crippen LogP contribution in [0.3, 0.4) is 0 Å². The minimum absolute atomic E-state index is 0.672. The van der Waals surface area contributed by atoms with Gasteiger partial charge < -0.3 is 15.0 Å². The number of likely N-dealkylation sites (N-methyl/N-ethyl adjacent to an activating group) is 1. The van der Waals surface area contributed by atoms with Crippen LogP contribution in [0.4, 0.5) is 0 Å². The molecule has 1 N–H and O–H groups in total. The second-order valence-electron chi connectivity index (χ2n) is 4.97. The number of nitrogens with one attached hydrogen (secondary N) is 1. The second-order valence-corrected chi connectivity index (χ2v) is 4.97. The van der Waals surface area contributed by atoms with E-state index in [4.69, 9.17) is 4.74 Å². The van der Waals surface area contributed by atoms with Crippen LogP contribution >= 0.6 is 0 Å². The molecule has 18 heavy (non-hydrogen) atoms. The zero-order chi connectivity index (χ0) is 12.8. The van der Waals surface area contributed by atoms with Crippen LogP contribution in [-0.4, -0.2) is 43.2 Å². The molecule has 0 radical (unpaired) electrons. The Morgan fingerprint density at radius 1 is 1.44 bits per heavy atom. The molecule has 4 heteroatoms. The van der Waals surface area contributed by atoms with Gasteiger partial charge in [0.05, 0.1) is 7.11 Å². The number of likely N-dealkylation sites (tertiary alicyclic amines) is 1. The van der Waals surface area contributed by atoms with Crippen LogP contribution in [0.1, 0.15) is 24.8 Å². The quantitative estimate of drug-likeness (QED) is 0.861. The summed E-state index contributed by atoms with van der Waals surface area (Å²) in [4.78, 5) is 6.67. The van der Waals surface area contributed by atoms with Gasteiger partial charge in [-0.05, 0) is 32.0 Å². The lowest BCUT2D eigenvalue weighted by Crippen LogP contribution is -2.42. The third kappa shape index (κ3) is 3.68. The van der Waals surface area contributed by atoms with Crippen molar-refractivity contribution in [2.75, 3.05) is 27.2 Å². The average molecular weight is 249 g/mol. The molecule has 0 aromatic carbocycles. The molecule has 1 unspecified atom stereocenters. The summed E-state index contributed by atoms with van der Waals surface area (Å²) >= 11 is 0. The summed E-state index contributed by atoms with van der Waals surface area (Å²) in [6.07, 6.45) is 5.89. The van der Waals surface area contributed by atoms with Gasteiger partial charge in [-0.25, -0.2) is 4.98 Å². The number of nitrogens with zero attached hydrogens (tertiary/aromatic N) is 2. The minimum Gasteiger partial charge on any atom is -0.481 e. The van der Waals surface area contributed by atoms with Crippen LogP contribution in [0.15, 0.2) is 18.3 Å². The van der Waals surface area contributed by atoms with Crippen molar-refractivity contribution in [1.82, 2.24) is 15.2 Å². The van der Waals surface area contributed by atoms with Gasteiger partial charge in [-0.1, -0.05) is 12.5 Å². The first kappa shape index (κ1) is 13.3. The van der Waals surface area contributed by atoms with Crippen LogP contribution in [0.5, 0.6) is 5.88 Å². The highest BCUT2D eigenvalue weighted by molar-refractivity contribution is 5.17. The van der Waals surface area contributed by atoms with Gasteiger partial charge >= 0.3 is 0 Å². The Hall–Kier alpha value is -1.13. The van der Waals surface area contributed by atoms with Crippen molar-refractivity contribution in [1.29, 1.82) is 0 Å². The Labute approximate surface area is 109 Å². The van der Waals surface area contributed by atoms with Crippen molar-refractivity contribution in [2.24, 2.45) is 0 Å². The van der Waals surface area contributed by atoms with Crippen molar-refractivity contribution < 1.29 is 4.74 Å². The van der Waals surface area contributed by atoms with Crippen molar-refractivity contribution in [2.45, 2.75) is 31.8 Å². The Bertz CT molecular complexity index is 353. The lowest BCUT2D eigenvalue weighted by atomic mass is 10.0. The van der Waals surface area contributed by atoms with Crippen molar-refractivity contribution >= 4 is 0 Å². The molecular formula is C14H23N3O. The van der Waals surface area contributed by atoms with E-state index in [-0.39, 0.29) is 0 Å². The molecule has 4 nitrogen and oxygen atoms in total. The summed E-state index contributed by atoms with van der Waals surface area (Å²) in [6.45, 7) is 3.17. The van der Waals surface area contributed by atoms with E-state index in [2.05, 4.69) is 28.3 Å². The van der Waals surface area contributed by atoms with Crippen molar-refractivity contribution in [3.63, 3.8) is 0 Å². The molecule has 100 valence electrons. The normalized spacial score (nSPS) is 20.9. The summed E-state index contributed by atoms with van der Waals surface area (Å²) in [7, 11) is 3.86. The summed E-state index contributed by atoms with van der Waals surface area (Å²) in [5, 5.41) is 3.52. The summed E-state index contributed by atoms with van der Waals surface area (Å²) in [6, 6.07) is 4.65. The van der Waals surface area contributed by atoms with Crippen molar-refractivity contribution in [3.05, 3.63) is 23.9 Å². The first-order valence-corrected chi connectivity index (χ1v) is 6.69. The maximum absolute atomic E-state index is 5.04. The van der Waals surface area contributed by atoms with Crippen molar-refractivity contribution in [3.8, 4) is 5.88 Å². The first-order chi connectivity index (χ1) is 8.79. The first-order valence-electron chi connectivity index (χ1n) is 6.69. The van der Waals surface area contributed by atoms with E-state index in [0.29, 0.717) is 11.9 Å². The minimum atomic E-state index is 0.672. The number of methoxy groups -OCH3 is 1. The topological polar surface area (TPSA) is 37.4 Å². The Kier molecular flexibility index (Phi) is 4.96. The third-order valence-corrected chi connectivity index (χ3v) is 3.64. The van der Waals surface area contributed by atoms with Gasteiger partial charge in [-0.2, -0.15) is 0 Å². The largest absolute Gasteiger partial charge is 0.481 e. The molecule has 1 aliphatic heterocycles. The van der Waals surface area contributed by atoms with E-state index < -0.39 is 0 Å². The second kappa shape index (κ2) is 6.71. The van der Waals surface area contributed by atoms with Gasteiger partial charge in [0.1, 0.15) is 0 Å². The van der Waals surface area contributed by atoms with E-state index in [1.807, 2.05) is 12.3 Å². The van der Waals surface area contributed by atoms with E-state index in [1.54, 1.807) is 7.11 Å². The van der Waals surface area contributed by atoms with Gasteiger partial charge in [0.15, 0.2) is 0 Å². The lowest BCUT2D eigenvalue weighted by molar-refractivity contribution is 0.181. The van der Waals surface area contributed by atoms with Crippen LogP contribution in [0, 0.1) is 0 Å². The predicted molar refractivity (Wildman–Crippen MR) is 72.8 cm³/mol. The molecule has 1 saturated heterocycles. The fraction of sp³-hybridized carbons (Fsp3) is 0.643. The number of piperidine rings is 1. The van der Waals surface area contributed by atoms with Gasteiger partial charge in [0, 0.05) is 31.4 Å². The zero-order valence-electron chi connectivity index (χ0n) is 11.4. The SMILES string of the molecule is COc1ccc(CNCC2CCCCN2C)cn1. The lowest BCUT2D eigenvalue weighted by Gasteiger charge is -2.32. The van der Waals surface area contributed by atoms with E-state index in [9.17, 15) is 0 Å². The molecule has 0 saturated carbocycles. The molecule has 2 heterocycles. The highest BCUT2D eigenvalue weighted by Crippen LogP contribution is 2.14. The number of hydrogen-bond acceptors (Lipinski definition) is 4. The third-order valence-electron chi connectivity index (χ3n) is 3.64. The van der Waals surface area contributed by atoms with Crippen LogP contribution < -0.4 is 10.1 Å². The Morgan fingerprint density at radius 3 is 3.00 bits per heavy atom. The molecule has 0 amide bonds. The molecule has 1 atom stereocenters. The summed E-state index contributed by atoms with van der Waals surface area (Å²) < 4.78 is 5.04. The number of pyridine rings is 1.